The van der Waals surface area contributed by atoms with Crippen molar-refractivity contribution in [3.05, 3.63) is 0 Å². The summed E-state index contributed by atoms with van der Waals surface area (Å²) < 4.78 is 1.81. The molecule has 3 nitrogen and oxygen atoms in total. The fourth-order valence-electron chi connectivity index (χ4n) is 0.410. The summed E-state index contributed by atoms with van der Waals surface area (Å²) in [7, 11) is 0. The normalized spacial score (nSPS) is 10.5. The fraction of sp³-hybridized carbons (Fsp3) is 1.00. The van der Waals surface area contributed by atoms with Crippen LogP contribution in [0.15, 0.2) is 0 Å². The molecule has 0 aliphatic carbocycles. The Balaban J connectivity index is 2.92. The molecule has 50 valence electrons. The first-order chi connectivity index (χ1) is 3.81. The zero-order valence-corrected chi connectivity index (χ0v) is 5.77. The average molecular weight is 135 g/mol. The zero-order chi connectivity index (χ0) is 6.41. The van der Waals surface area contributed by atoms with Gasteiger partial charge in [0.1, 0.15) is 0 Å². The van der Waals surface area contributed by atoms with Crippen LogP contribution in [-0.4, -0.2) is 30.5 Å². The lowest BCUT2D eigenvalue weighted by atomic mass is 10.6. The quantitative estimate of drug-likeness (QED) is 0.436. The van der Waals surface area contributed by atoms with Gasteiger partial charge in [0.15, 0.2) is 0 Å². The van der Waals surface area contributed by atoms with Crippen molar-refractivity contribution in [2.24, 2.45) is 11.5 Å². The van der Waals surface area contributed by atoms with Crippen LogP contribution in [0.4, 0.5) is 0 Å². The van der Waals surface area contributed by atoms with E-state index in [0.717, 1.165) is 13.1 Å². The van der Waals surface area contributed by atoms with Crippen molar-refractivity contribution < 1.29 is 0 Å². The molecule has 0 aromatic rings. The minimum absolute atomic E-state index is 0.642. The van der Waals surface area contributed by atoms with E-state index in [2.05, 4.69) is 12.8 Å². The molecule has 0 spiro atoms. The molecule has 4 heteroatoms. The summed E-state index contributed by atoms with van der Waals surface area (Å²) in [5.41, 5.74) is 10.5. The Kier molecular flexibility index (Phi) is 5.52. The molecule has 8 heavy (non-hydrogen) atoms. The summed E-state index contributed by atoms with van der Waals surface area (Å²) in [5.74, 6) is 0. The average Bonchev–Trinajstić information content (AvgIpc) is 1.68. The standard InChI is InChI=1S/C4H13N3S/c5-1-3-7(8)4-2-6/h8H,1-6H2. The van der Waals surface area contributed by atoms with Gasteiger partial charge in [-0.15, -0.1) is 0 Å². The van der Waals surface area contributed by atoms with E-state index in [1.54, 1.807) is 4.31 Å². The van der Waals surface area contributed by atoms with Crippen LogP contribution in [0.3, 0.4) is 0 Å². The highest BCUT2D eigenvalue weighted by atomic mass is 32.1. The topological polar surface area (TPSA) is 55.3 Å². The number of rotatable bonds is 4. The van der Waals surface area contributed by atoms with Crippen LogP contribution in [0.2, 0.25) is 0 Å². The predicted octanol–water partition coefficient (Wildman–Crippen LogP) is -0.949. The Morgan fingerprint density at radius 2 is 1.50 bits per heavy atom. The first kappa shape index (κ1) is 8.23. The Labute approximate surface area is 55.6 Å². The Morgan fingerprint density at radius 1 is 1.12 bits per heavy atom. The number of thiol groups is 1. The molecule has 0 heterocycles. The van der Waals surface area contributed by atoms with Crippen molar-refractivity contribution in [2.45, 2.75) is 0 Å². The Hall–Kier alpha value is 0.230. The lowest BCUT2D eigenvalue weighted by molar-refractivity contribution is 0.497. The summed E-state index contributed by atoms with van der Waals surface area (Å²) in [4.78, 5) is 0. The van der Waals surface area contributed by atoms with E-state index in [-0.39, 0.29) is 0 Å². The van der Waals surface area contributed by atoms with E-state index >= 15 is 0 Å². The second-order valence-corrected chi connectivity index (χ2v) is 2.10. The number of nitrogens with zero attached hydrogens (tertiary/aromatic N) is 1. The summed E-state index contributed by atoms with van der Waals surface area (Å²) >= 11 is 4.06. The first-order valence-electron chi connectivity index (χ1n) is 2.65. The summed E-state index contributed by atoms with van der Waals surface area (Å²) in [6.07, 6.45) is 0. The highest BCUT2D eigenvalue weighted by molar-refractivity contribution is 7.77. The van der Waals surface area contributed by atoms with E-state index in [0.29, 0.717) is 13.1 Å². The number of hydrogen-bond acceptors (Lipinski definition) is 4. The third-order valence-corrected chi connectivity index (χ3v) is 1.17. The molecule has 0 saturated carbocycles. The molecule has 0 aliphatic rings. The van der Waals surface area contributed by atoms with E-state index in [1.807, 2.05) is 0 Å². The monoisotopic (exact) mass is 135 g/mol. The van der Waals surface area contributed by atoms with Crippen LogP contribution in [0.25, 0.3) is 0 Å². The van der Waals surface area contributed by atoms with Crippen LogP contribution in [0.5, 0.6) is 0 Å². The van der Waals surface area contributed by atoms with E-state index in [1.165, 1.54) is 0 Å². The highest BCUT2D eigenvalue weighted by Crippen LogP contribution is 1.86. The maximum Gasteiger partial charge on any atom is 0.0211 e. The molecule has 0 saturated heterocycles. The van der Waals surface area contributed by atoms with E-state index < -0.39 is 0 Å². The van der Waals surface area contributed by atoms with Gasteiger partial charge in [0, 0.05) is 26.2 Å². The SMILES string of the molecule is NCCN(S)CCN. The lowest BCUT2D eigenvalue weighted by Gasteiger charge is -2.10. The van der Waals surface area contributed by atoms with Gasteiger partial charge in [0.25, 0.3) is 0 Å². The lowest BCUT2D eigenvalue weighted by Crippen LogP contribution is -2.26. The minimum atomic E-state index is 0.642. The molecular weight excluding hydrogens is 122 g/mol. The third-order valence-electron chi connectivity index (χ3n) is 0.774. The van der Waals surface area contributed by atoms with Gasteiger partial charge in [-0.1, -0.05) is 12.8 Å². The molecule has 0 rings (SSSR count). The van der Waals surface area contributed by atoms with Gasteiger partial charge < -0.3 is 11.5 Å². The van der Waals surface area contributed by atoms with Crippen LogP contribution in [0.1, 0.15) is 0 Å². The molecule has 0 aromatic carbocycles. The molecule has 0 bridgehead atoms. The van der Waals surface area contributed by atoms with Crippen LogP contribution < -0.4 is 11.5 Å². The molecule has 0 radical (unpaired) electrons. The van der Waals surface area contributed by atoms with Crippen LogP contribution in [0, 0.1) is 0 Å². The number of nitrogens with two attached hydrogens (primary N) is 2. The van der Waals surface area contributed by atoms with Crippen LogP contribution >= 0.6 is 12.8 Å². The molecule has 0 fully saturated rings. The highest BCUT2D eigenvalue weighted by Gasteiger charge is 1.91. The van der Waals surface area contributed by atoms with Gasteiger partial charge in [0.2, 0.25) is 0 Å². The number of hydrogen-bond donors (Lipinski definition) is 3. The second kappa shape index (κ2) is 5.37. The first-order valence-corrected chi connectivity index (χ1v) is 3.05. The largest absolute Gasteiger partial charge is 0.329 e. The van der Waals surface area contributed by atoms with Gasteiger partial charge in [-0.3, -0.25) is 4.31 Å². The predicted molar refractivity (Wildman–Crippen MR) is 38.7 cm³/mol. The minimum Gasteiger partial charge on any atom is -0.329 e. The molecule has 0 aliphatic heterocycles. The van der Waals surface area contributed by atoms with Crippen molar-refractivity contribution in [1.82, 2.24) is 4.31 Å². The third kappa shape index (κ3) is 4.39. The van der Waals surface area contributed by atoms with Gasteiger partial charge in [0.05, 0.1) is 0 Å². The maximum atomic E-state index is 5.23. The van der Waals surface area contributed by atoms with Crippen molar-refractivity contribution in [3.8, 4) is 0 Å². The summed E-state index contributed by atoms with van der Waals surface area (Å²) in [5, 5.41) is 0. The molecule has 0 unspecified atom stereocenters. The van der Waals surface area contributed by atoms with Crippen molar-refractivity contribution in [1.29, 1.82) is 0 Å². The molecule has 0 atom stereocenters. The second-order valence-electron chi connectivity index (χ2n) is 1.53. The summed E-state index contributed by atoms with van der Waals surface area (Å²) in [6, 6.07) is 0. The smallest absolute Gasteiger partial charge is 0.0211 e. The molecule has 0 amide bonds. The van der Waals surface area contributed by atoms with Crippen LogP contribution in [-0.2, 0) is 0 Å². The molecule has 0 aromatic heterocycles. The summed E-state index contributed by atoms with van der Waals surface area (Å²) in [6.45, 7) is 2.90. The Bertz CT molecular complexity index is 44.5. The maximum absolute atomic E-state index is 5.23. The van der Waals surface area contributed by atoms with Crippen molar-refractivity contribution >= 4 is 12.8 Å². The molecule has 4 N–H and O–H groups in total. The Morgan fingerprint density at radius 3 is 1.75 bits per heavy atom. The van der Waals surface area contributed by atoms with Crippen molar-refractivity contribution in [3.63, 3.8) is 0 Å². The van der Waals surface area contributed by atoms with Gasteiger partial charge in [-0.05, 0) is 0 Å². The van der Waals surface area contributed by atoms with Gasteiger partial charge in [-0.25, -0.2) is 0 Å². The van der Waals surface area contributed by atoms with Gasteiger partial charge in [-0.2, -0.15) is 0 Å². The van der Waals surface area contributed by atoms with E-state index in [9.17, 15) is 0 Å². The van der Waals surface area contributed by atoms with E-state index in [4.69, 9.17) is 11.5 Å². The molecular formula is C4H13N3S. The zero-order valence-electron chi connectivity index (χ0n) is 4.88. The van der Waals surface area contributed by atoms with Gasteiger partial charge >= 0.3 is 0 Å². The fourth-order valence-corrected chi connectivity index (χ4v) is 0.641. The van der Waals surface area contributed by atoms with Crippen molar-refractivity contribution in [2.75, 3.05) is 26.2 Å².